The van der Waals surface area contributed by atoms with Gasteiger partial charge in [-0.2, -0.15) is 0 Å². The van der Waals surface area contributed by atoms with Crippen LogP contribution in [0, 0.1) is 0 Å². The molecular formula is C17H21N3O2. The van der Waals surface area contributed by atoms with Crippen LogP contribution >= 0.6 is 0 Å². The van der Waals surface area contributed by atoms with Crippen molar-refractivity contribution in [2.45, 2.75) is 43.7 Å². The maximum absolute atomic E-state index is 12.9. The fourth-order valence-electron chi connectivity index (χ4n) is 3.34. The average Bonchev–Trinajstić information content (AvgIpc) is 3.35. The molecule has 116 valence electrons. The number of piperidine rings is 1. The number of para-hydroxylation sites is 1. The third-order valence-corrected chi connectivity index (χ3v) is 4.82. The number of benzene rings is 1. The molecule has 5 heteroatoms. The summed E-state index contributed by atoms with van der Waals surface area (Å²) in [5.41, 5.74) is -0.0505. The Morgan fingerprint density at radius 3 is 2.73 bits per heavy atom. The maximum Gasteiger partial charge on any atom is 0.261 e. The third kappa shape index (κ3) is 2.44. The summed E-state index contributed by atoms with van der Waals surface area (Å²) in [4.78, 5) is 17.6. The van der Waals surface area contributed by atoms with Crippen LogP contribution in [-0.2, 0) is 6.54 Å². The molecule has 2 heterocycles. The minimum absolute atomic E-state index is 0.0144. The number of aromatic nitrogens is 2. The zero-order chi connectivity index (χ0) is 15.2. The SMILES string of the molecule is O=c1c2ccccc2nc(C2CC2)n1CC1(O)CCNCC1. The fourth-order valence-corrected chi connectivity index (χ4v) is 3.34. The molecule has 0 bridgehead atoms. The van der Waals surface area contributed by atoms with Crippen molar-refractivity contribution >= 4 is 10.9 Å². The first-order valence-corrected chi connectivity index (χ1v) is 8.09. The molecule has 0 unspecified atom stereocenters. The van der Waals surface area contributed by atoms with E-state index in [0.717, 1.165) is 37.3 Å². The Labute approximate surface area is 129 Å². The second kappa shape index (κ2) is 5.18. The molecular weight excluding hydrogens is 278 g/mol. The van der Waals surface area contributed by atoms with Crippen molar-refractivity contribution in [3.63, 3.8) is 0 Å². The van der Waals surface area contributed by atoms with Crippen molar-refractivity contribution in [2.24, 2.45) is 0 Å². The van der Waals surface area contributed by atoms with E-state index in [4.69, 9.17) is 4.98 Å². The van der Waals surface area contributed by atoms with E-state index in [-0.39, 0.29) is 5.56 Å². The Morgan fingerprint density at radius 1 is 1.27 bits per heavy atom. The Balaban J connectivity index is 1.82. The van der Waals surface area contributed by atoms with Gasteiger partial charge in [0.15, 0.2) is 0 Å². The average molecular weight is 299 g/mol. The van der Waals surface area contributed by atoms with E-state index in [0.29, 0.717) is 30.7 Å². The molecule has 2 fully saturated rings. The molecule has 0 amide bonds. The predicted molar refractivity (Wildman–Crippen MR) is 85.0 cm³/mol. The highest BCUT2D eigenvalue weighted by Gasteiger charge is 2.34. The maximum atomic E-state index is 12.9. The van der Waals surface area contributed by atoms with Gasteiger partial charge in [0.25, 0.3) is 5.56 Å². The van der Waals surface area contributed by atoms with Gasteiger partial charge < -0.3 is 10.4 Å². The molecule has 1 saturated carbocycles. The first kappa shape index (κ1) is 13.9. The number of nitrogens with zero attached hydrogens (tertiary/aromatic N) is 2. The zero-order valence-corrected chi connectivity index (χ0v) is 12.6. The van der Waals surface area contributed by atoms with Crippen molar-refractivity contribution in [1.82, 2.24) is 14.9 Å². The molecule has 1 aromatic carbocycles. The summed E-state index contributed by atoms with van der Waals surface area (Å²) in [5, 5.41) is 14.7. The molecule has 1 aromatic heterocycles. The van der Waals surface area contributed by atoms with Gasteiger partial charge in [0, 0.05) is 5.92 Å². The third-order valence-electron chi connectivity index (χ3n) is 4.82. The first-order valence-electron chi connectivity index (χ1n) is 8.09. The molecule has 2 N–H and O–H groups in total. The number of aliphatic hydroxyl groups is 1. The van der Waals surface area contributed by atoms with Crippen molar-refractivity contribution in [3.05, 3.63) is 40.4 Å². The minimum atomic E-state index is -0.803. The van der Waals surface area contributed by atoms with Crippen LogP contribution in [-0.4, -0.2) is 33.3 Å². The van der Waals surface area contributed by atoms with Crippen molar-refractivity contribution < 1.29 is 5.11 Å². The lowest BCUT2D eigenvalue weighted by Crippen LogP contribution is -2.47. The molecule has 4 rings (SSSR count). The Morgan fingerprint density at radius 2 is 2.00 bits per heavy atom. The Kier molecular flexibility index (Phi) is 3.27. The monoisotopic (exact) mass is 299 g/mol. The molecule has 1 aliphatic carbocycles. The summed E-state index contributed by atoms with van der Waals surface area (Å²) in [6.45, 7) is 1.95. The van der Waals surface area contributed by atoms with Crippen molar-refractivity contribution in [2.75, 3.05) is 13.1 Å². The van der Waals surface area contributed by atoms with E-state index in [9.17, 15) is 9.90 Å². The first-order chi connectivity index (χ1) is 10.7. The summed E-state index contributed by atoms with van der Waals surface area (Å²) in [5.74, 6) is 1.23. The van der Waals surface area contributed by atoms with Crippen molar-refractivity contribution in [3.8, 4) is 0 Å². The molecule has 0 atom stereocenters. The van der Waals surface area contributed by atoms with Crippen LogP contribution < -0.4 is 10.9 Å². The fraction of sp³-hybridized carbons (Fsp3) is 0.529. The van der Waals surface area contributed by atoms with Crippen LogP contribution in [0.3, 0.4) is 0 Å². The number of fused-ring (bicyclic) bond motifs is 1. The lowest BCUT2D eigenvalue weighted by atomic mass is 9.92. The largest absolute Gasteiger partial charge is 0.388 e. The highest BCUT2D eigenvalue weighted by Crippen LogP contribution is 2.39. The predicted octanol–water partition coefficient (Wildman–Crippen LogP) is 1.39. The molecule has 2 aliphatic rings. The van der Waals surface area contributed by atoms with Gasteiger partial charge in [0.05, 0.1) is 23.0 Å². The minimum Gasteiger partial charge on any atom is -0.388 e. The summed E-state index contributed by atoms with van der Waals surface area (Å²) in [7, 11) is 0. The number of hydrogen-bond donors (Lipinski definition) is 2. The smallest absolute Gasteiger partial charge is 0.261 e. The van der Waals surface area contributed by atoms with Gasteiger partial charge in [-0.3, -0.25) is 9.36 Å². The van der Waals surface area contributed by atoms with Gasteiger partial charge in [-0.25, -0.2) is 4.98 Å². The summed E-state index contributed by atoms with van der Waals surface area (Å²) in [6.07, 6.45) is 3.53. The normalized spacial score (nSPS) is 21.1. The molecule has 1 saturated heterocycles. The molecule has 5 nitrogen and oxygen atoms in total. The van der Waals surface area contributed by atoms with E-state index in [2.05, 4.69) is 5.32 Å². The molecule has 22 heavy (non-hydrogen) atoms. The van der Waals surface area contributed by atoms with Gasteiger partial charge in [0.1, 0.15) is 5.82 Å². The number of rotatable bonds is 3. The lowest BCUT2D eigenvalue weighted by molar-refractivity contribution is -0.00698. The van der Waals surface area contributed by atoms with Crippen LogP contribution in [0.1, 0.15) is 37.4 Å². The van der Waals surface area contributed by atoms with Crippen LogP contribution in [0.2, 0.25) is 0 Å². The van der Waals surface area contributed by atoms with Crippen LogP contribution in [0.4, 0.5) is 0 Å². The second-order valence-corrected chi connectivity index (χ2v) is 6.63. The Bertz CT molecular complexity index is 758. The lowest BCUT2D eigenvalue weighted by Gasteiger charge is -2.33. The molecule has 1 aliphatic heterocycles. The van der Waals surface area contributed by atoms with E-state index in [1.165, 1.54) is 0 Å². The van der Waals surface area contributed by atoms with E-state index < -0.39 is 5.60 Å². The van der Waals surface area contributed by atoms with Crippen LogP contribution in [0.25, 0.3) is 10.9 Å². The summed E-state index contributed by atoms with van der Waals surface area (Å²) >= 11 is 0. The zero-order valence-electron chi connectivity index (χ0n) is 12.6. The second-order valence-electron chi connectivity index (χ2n) is 6.63. The highest BCUT2D eigenvalue weighted by atomic mass is 16.3. The van der Waals surface area contributed by atoms with Gasteiger partial charge in [-0.15, -0.1) is 0 Å². The van der Waals surface area contributed by atoms with E-state index in [1.54, 1.807) is 4.57 Å². The number of hydrogen-bond acceptors (Lipinski definition) is 4. The molecule has 2 aromatic rings. The van der Waals surface area contributed by atoms with Crippen molar-refractivity contribution in [1.29, 1.82) is 0 Å². The summed E-state index contributed by atoms with van der Waals surface area (Å²) in [6, 6.07) is 7.50. The summed E-state index contributed by atoms with van der Waals surface area (Å²) < 4.78 is 1.74. The quantitative estimate of drug-likeness (QED) is 0.899. The van der Waals surface area contributed by atoms with Crippen LogP contribution in [0.5, 0.6) is 0 Å². The van der Waals surface area contributed by atoms with E-state index >= 15 is 0 Å². The highest BCUT2D eigenvalue weighted by molar-refractivity contribution is 5.77. The van der Waals surface area contributed by atoms with Crippen LogP contribution in [0.15, 0.2) is 29.1 Å². The molecule has 0 spiro atoms. The van der Waals surface area contributed by atoms with Gasteiger partial charge >= 0.3 is 0 Å². The van der Waals surface area contributed by atoms with Gasteiger partial charge in [0.2, 0.25) is 0 Å². The topological polar surface area (TPSA) is 67.2 Å². The molecule has 0 radical (unpaired) electrons. The van der Waals surface area contributed by atoms with Gasteiger partial charge in [-0.05, 0) is 50.9 Å². The number of nitrogens with one attached hydrogen (secondary N) is 1. The Hall–Kier alpha value is -1.72. The standard InChI is InChI=1S/C17H21N3O2/c21-16-13-3-1-2-4-14(13)19-15(12-5-6-12)20(16)11-17(22)7-9-18-10-8-17/h1-4,12,18,22H,5-11H2. The van der Waals surface area contributed by atoms with E-state index in [1.807, 2.05) is 24.3 Å². The van der Waals surface area contributed by atoms with Gasteiger partial charge in [-0.1, -0.05) is 12.1 Å².